The molecule has 0 radical (unpaired) electrons. The van der Waals surface area contributed by atoms with E-state index < -0.39 is 0 Å². The fourth-order valence-corrected chi connectivity index (χ4v) is 2.17. The van der Waals surface area contributed by atoms with Gasteiger partial charge < -0.3 is 14.0 Å². The first kappa shape index (κ1) is 15.8. The van der Waals surface area contributed by atoms with Crippen LogP contribution in [-0.4, -0.2) is 31.5 Å². The van der Waals surface area contributed by atoms with Crippen molar-refractivity contribution in [2.45, 2.75) is 20.4 Å². The predicted molar refractivity (Wildman–Crippen MR) is 70.7 cm³/mol. The van der Waals surface area contributed by atoms with E-state index >= 15 is 0 Å². The third kappa shape index (κ3) is 4.37. The standard InChI is InChI=1S/C10H18N2O2S.BrH/c1-8-9(2)15-10(11)12(8)4-5-14-7-6-13-3;/h11H,4-7H2,1-3H3;1H. The van der Waals surface area contributed by atoms with Crippen molar-refractivity contribution in [3.63, 3.8) is 0 Å². The normalized spacial score (nSPS) is 10.2. The van der Waals surface area contributed by atoms with Crippen molar-refractivity contribution >= 4 is 28.3 Å². The van der Waals surface area contributed by atoms with Crippen molar-refractivity contribution in [3.8, 4) is 0 Å². The van der Waals surface area contributed by atoms with Crippen LogP contribution in [0.1, 0.15) is 10.6 Å². The predicted octanol–water partition coefficient (Wildman–Crippen LogP) is 1.89. The molecule has 16 heavy (non-hydrogen) atoms. The molecule has 0 bridgehead atoms. The summed E-state index contributed by atoms with van der Waals surface area (Å²) >= 11 is 1.51. The summed E-state index contributed by atoms with van der Waals surface area (Å²) in [6.45, 7) is 6.71. The van der Waals surface area contributed by atoms with Crippen molar-refractivity contribution in [1.29, 1.82) is 5.41 Å². The Hall–Kier alpha value is -0.170. The highest BCUT2D eigenvalue weighted by molar-refractivity contribution is 8.93. The van der Waals surface area contributed by atoms with E-state index in [4.69, 9.17) is 14.9 Å². The Bertz CT molecular complexity index is 362. The van der Waals surface area contributed by atoms with E-state index in [0.29, 0.717) is 24.6 Å². The third-order valence-electron chi connectivity index (χ3n) is 2.30. The Labute approximate surface area is 110 Å². The Morgan fingerprint density at radius 1 is 1.25 bits per heavy atom. The molecule has 6 heteroatoms. The van der Waals surface area contributed by atoms with E-state index in [1.54, 1.807) is 7.11 Å². The second kappa shape index (κ2) is 8.00. The molecule has 0 fully saturated rings. The molecule has 0 aliphatic carbocycles. The number of halogens is 1. The first-order valence-corrected chi connectivity index (χ1v) is 5.76. The topological polar surface area (TPSA) is 47.2 Å². The maximum atomic E-state index is 7.75. The van der Waals surface area contributed by atoms with Gasteiger partial charge in [-0.05, 0) is 13.8 Å². The second-order valence-corrected chi connectivity index (χ2v) is 4.51. The van der Waals surface area contributed by atoms with Crippen LogP contribution in [0, 0.1) is 19.3 Å². The summed E-state index contributed by atoms with van der Waals surface area (Å²) in [6.07, 6.45) is 0. The highest BCUT2D eigenvalue weighted by Crippen LogP contribution is 2.08. The van der Waals surface area contributed by atoms with Crippen LogP contribution in [0.5, 0.6) is 0 Å². The van der Waals surface area contributed by atoms with E-state index in [1.165, 1.54) is 21.9 Å². The third-order valence-corrected chi connectivity index (χ3v) is 3.32. The molecule has 1 N–H and O–H groups in total. The summed E-state index contributed by atoms with van der Waals surface area (Å²) in [4.78, 5) is 1.80. The van der Waals surface area contributed by atoms with E-state index in [0.717, 1.165) is 6.54 Å². The maximum absolute atomic E-state index is 7.75. The van der Waals surface area contributed by atoms with Crippen LogP contribution in [0.2, 0.25) is 0 Å². The van der Waals surface area contributed by atoms with E-state index in [9.17, 15) is 0 Å². The van der Waals surface area contributed by atoms with Gasteiger partial charge in [-0.3, -0.25) is 5.41 Å². The number of hydrogen-bond donors (Lipinski definition) is 1. The fraction of sp³-hybridized carbons (Fsp3) is 0.700. The van der Waals surface area contributed by atoms with Gasteiger partial charge in [-0.2, -0.15) is 0 Å². The van der Waals surface area contributed by atoms with Gasteiger partial charge in [0.15, 0.2) is 4.80 Å². The number of rotatable bonds is 6. The Morgan fingerprint density at radius 2 is 1.94 bits per heavy atom. The molecule has 0 unspecified atom stereocenters. The summed E-state index contributed by atoms with van der Waals surface area (Å²) < 4.78 is 12.2. The van der Waals surface area contributed by atoms with E-state index in [1.807, 2.05) is 18.4 Å². The van der Waals surface area contributed by atoms with Gasteiger partial charge in [0.25, 0.3) is 0 Å². The van der Waals surface area contributed by atoms with Gasteiger partial charge >= 0.3 is 0 Å². The van der Waals surface area contributed by atoms with Crippen LogP contribution in [0.4, 0.5) is 0 Å². The highest BCUT2D eigenvalue weighted by atomic mass is 79.9. The lowest BCUT2D eigenvalue weighted by Crippen LogP contribution is -2.19. The zero-order valence-corrected chi connectivity index (χ0v) is 12.4. The van der Waals surface area contributed by atoms with Gasteiger partial charge in [0.05, 0.1) is 19.8 Å². The molecule has 0 aromatic carbocycles. The number of aromatic nitrogens is 1. The van der Waals surface area contributed by atoms with Crippen LogP contribution in [-0.2, 0) is 16.0 Å². The van der Waals surface area contributed by atoms with Crippen molar-refractivity contribution in [1.82, 2.24) is 4.57 Å². The Kier molecular flexibility index (Phi) is 7.91. The first-order chi connectivity index (χ1) is 7.16. The van der Waals surface area contributed by atoms with Gasteiger partial charge in [0.1, 0.15) is 0 Å². The summed E-state index contributed by atoms with van der Waals surface area (Å²) in [5, 5.41) is 7.75. The average molecular weight is 311 g/mol. The Balaban J connectivity index is 0.00000225. The smallest absolute Gasteiger partial charge is 0.182 e. The van der Waals surface area contributed by atoms with Crippen molar-refractivity contribution in [2.24, 2.45) is 0 Å². The molecule has 1 aromatic rings. The van der Waals surface area contributed by atoms with E-state index in [-0.39, 0.29) is 17.0 Å². The lowest BCUT2D eigenvalue weighted by atomic mass is 10.4. The molecular formula is C10H19BrN2O2S. The minimum absolute atomic E-state index is 0. The van der Waals surface area contributed by atoms with Crippen LogP contribution < -0.4 is 4.80 Å². The van der Waals surface area contributed by atoms with Gasteiger partial charge in [-0.25, -0.2) is 0 Å². The lowest BCUT2D eigenvalue weighted by molar-refractivity contribution is 0.0661. The number of nitrogens with zero attached hydrogens (tertiary/aromatic N) is 1. The molecule has 4 nitrogen and oxygen atoms in total. The largest absolute Gasteiger partial charge is 0.382 e. The monoisotopic (exact) mass is 310 g/mol. The number of thiazole rings is 1. The minimum Gasteiger partial charge on any atom is -0.382 e. The number of hydrogen-bond acceptors (Lipinski definition) is 4. The number of methoxy groups -OCH3 is 1. The molecule has 0 saturated heterocycles. The fourth-order valence-electron chi connectivity index (χ4n) is 1.29. The second-order valence-electron chi connectivity index (χ2n) is 3.31. The SMILES string of the molecule is Br.COCCOCCn1c(C)c(C)sc1=N. The van der Waals surface area contributed by atoms with Gasteiger partial charge in [0.2, 0.25) is 0 Å². The van der Waals surface area contributed by atoms with Crippen LogP contribution in [0.3, 0.4) is 0 Å². The molecule has 0 aliphatic heterocycles. The van der Waals surface area contributed by atoms with Crippen LogP contribution >= 0.6 is 28.3 Å². The zero-order valence-electron chi connectivity index (χ0n) is 9.91. The highest BCUT2D eigenvalue weighted by Gasteiger charge is 2.04. The molecule has 0 amide bonds. The molecule has 1 heterocycles. The summed E-state index contributed by atoms with van der Waals surface area (Å²) in [7, 11) is 1.66. The first-order valence-electron chi connectivity index (χ1n) is 4.95. The quantitative estimate of drug-likeness (QED) is 0.816. The molecular weight excluding hydrogens is 292 g/mol. The van der Waals surface area contributed by atoms with Crippen LogP contribution in [0.25, 0.3) is 0 Å². The summed E-state index contributed by atoms with van der Waals surface area (Å²) in [6, 6.07) is 0. The minimum atomic E-state index is 0. The van der Waals surface area contributed by atoms with Crippen molar-refractivity contribution < 1.29 is 9.47 Å². The summed E-state index contributed by atoms with van der Waals surface area (Å²) in [5.41, 5.74) is 1.17. The molecule has 0 aliphatic rings. The number of ether oxygens (including phenoxy) is 2. The molecule has 0 saturated carbocycles. The molecule has 1 rings (SSSR count). The maximum Gasteiger partial charge on any atom is 0.182 e. The van der Waals surface area contributed by atoms with Gasteiger partial charge in [0, 0.05) is 24.2 Å². The Morgan fingerprint density at radius 3 is 2.44 bits per heavy atom. The van der Waals surface area contributed by atoms with Gasteiger partial charge in [-0.1, -0.05) is 0 Å². The number of nitrogens with one attached hydrogen (secondary N) is 1. The molecule has 0 atom stereocenters. The van der Waals surface area contributed by atoms with E-state index in [2.05, 4.69) is 0 Å². The van der Waals surface area contributed by atoms with Crippen molar-refractivity contribution in [2.75, 3.05) is 26.9 Å². The molecule has 94 valence electrons. The lowest BCUT2D eigenvalue weighted by Gasteiger charge is -2.06. The molecule has 1 aromatic heterocycles. The molecule has 0 spiro atoms. The number of aryl methyl sites for hydroxylation is 1. The van der Waals surface area contributed by atoms with Crippen molar-refractivity contribution in [3.05, 3.63) is 15.4 Å². The zero-order chi connectivity index (χ0) is 11.3. The average Bonchev–Trinajstić information content (AvgIpc) is 2.44. The van der Waals surface area contributed by atoms with Crippen LogP contribution in [0.15, 0.2) is 0 Å². The summed E-state index contributed by atoms with van der Waals surface area (Å²) in [5.74, 6) is 0. The van der Waals surface area contributed by atoms with Gasteiger partial charge in [-0.15, -0.1) is 28.3 Å².